The number of imidazole rings is 2. The average molecular weight is 231 g/mol. The van der Waals surface area contributed by atoms with Crippen molar-refractivity contribution in [1.29, 1.82) is 0 Å². The summed E-state index contributed by atoms with van der Waals surface area (Å²) in [5.41, 5.74) is 0.797. The van der Waals surface area contributed by atoms with E-state index in [2.05, 4.69) is 25.3 Å². The maximum Gasteiger partial charge on any atom is 0.244 e. The first-order valence-corrected chi connectivity index (χ1v) is 5.27. The number of aromatic nitrogens is 4. The monoisotopic (exact) mass is 231 g/mol. The Morgan fingerprint density at radius 3 is 3.12 bits per heavy atom. The summed E-state index contributed by atoms with van der Waals surface area (Å²) in [6, 6.07) is 0. The van der Waals surface area contributed by atoms with Crippen LogP contribution < -0.4 is 5.32 Å². The average Bonchev–Trinajstić information content (AvgIpc) is 2.99. The number of amides is 1. The van der Waals surface area contributed by atoms with Gasteiger partial charge in [-0.25, -0.2) is 9.97 Å². The van der Waals surface area contributed by atoms with Crippen LogP contribution in [0.3, 0.4) is 0 Å². The lowest BCUT2D eigenvalue weighted by atomic mass is 10.3. The van der Waals surface area contributed by atoms with Crippen molar-refractivity contribution in [2.45, 2.75) is 6.42 Å². The number of hydrogen-bond donors (Lipinski definition) is 3. The van der Waals surface area contributed by atoms with Gasteiger partial charge in [0, 0.05) is 31.4 Å². The van der Waals surface area contributed by atoms with E-state index in [1.165, 1.54) is 6.08 Å². The molecule has 0 bridgehead atoms. The van der Waals surface area contributed by atoms with Crippen LogP contribution in [0.25, 0.3) is 6.08 Å². The Hall–Kier alpha value is -2.37. The van der Waals surface area contributed by atoms with Crippen LogP contribution in [0.5, 0.6) is 0 Å². The van der Waals surface area contributed by atoms with Gasteiger partial charge in [-0.2, -0.15) is 0 Å². The largest absolute Gasteiger partial charge is 0.352 e. The first-order valence-electron chi connectivity index (χ1n) is 5.27. The predicted molar refractivity (Wildman–Crippen MR) is 62.9 cm³/mol. The topological polar surface area (TPSA) is 86.5 Å². The fourth-order valence-electron chi connectivity index (χ4n) is 1.32. The summed E-state index contributed by atoms with van der Waals surface area (Å²) in [6.45, 7) is 0.555. The third-order valence-corrected chi connectivity index (χ3v) is 2.15. The highest BCUT2D eigenvalue weighted by Crippen LogP contribution is 1.93. The molecule has 0 spiro atoms. The normalized spacial score (nSPS) is 10.8. The Balaban J connectivity index is 1.71. The highest BCUT2D eigenvalue weighted by Gasteiger charge is 1.97. The highest BCUT2D eigenvalue weighted by atomic mass is 16.1. The van der Waals surface area contributed by atoms with E-state index >= 15 is 0 Å². The molecule has 0 saturated heterocycles. The number of H-pyrrole nitrogens is 2. The predicted octanol–water partition coefficient (Wildman–Crippen LogP) is 0.505. The molecule has 1 amide bonds. The molecule has 17 heavy (non-hydrogen) atoms. The number of nitrogens with zero attached hydrogens (tertiary/aromatic N) is 2. The van der Waals surface area contributed by atoms with Crippen LogP contribution >= 0.6 is 0 Å². The fraction of sp³-hybridized carbons (Fsp3) is 0.182. The van der Waals surface area contributed by atoms with E-state index in [1.54, 1.807) is 31.0 Å². The van der Waals surface area contributed by atoms with Crippen LogP contribution in [0, 0.1) is 0 Å². The second-order valence-electron chi connectivity index (χ2n) is 3.42. The number of aromatic amines is 2. The first-order chi connectivity index (χ1) is 8.34. The number of rotatable bonds is 5. The Bertz CT molecular complexity index is 472. The standard InChI is InChI=1S/C11H13N5O/c17-11(2-1-9-7-12-8-16-9)15-4-3-10-13-5-6-14-10/h1-2,5-8H,3-4H2,(H,12,16)(H,13,14)(H,15,17). The molecule has 3 N–H and O–H groups in total. The summed E-state index contributed by atoms with van der Waals surface area (Å²) in [6.07, 6.45) is 10.5. The van der Waals surface area contributed by atoms with Crippen molar-refractivity contribution >= 4 is 12.0 Å². The lowest BCUT2D eigenvalue weighted by molar-refractivity contribution is -0.116. The molecule has 0 aromatic carbocycles. The van der Waals surface area contributed by atoms with Gasteiger partial charge in [0.1, 0.15) is 5.82 Å². The molecule has 0 saturated carbocycles. The molecule has 0 fully saturated rings. The molecule has 0 radical (unpaired) electrons. The molecule has 2 aromatic rings. The fourth-order valence-corrected chi connectivity index (χ4v) is 1.32. The van der Waals surface area contributed by atoms with Gasteiger partial charge >= 0.3 is 0 Å². The Labute approximate surface area is 98.2 Å². The lowest BCUT2D eigenvalue weighted by Crippen LogP contribution is -2.23. The molecule has 0 aliphatic heterocycles. The third kappa shape index (κ3) is 3.60. The van der Waals surface area contributed by atoms with Crippen LogP contribution in [0.1, 0.15) is 11.5 Å². The summed E-state index contributed by atoms with van der Waals surface area (Å²) < 4.78 is 0. The van der Waals surface area contributed by atoms with Crippen molar-refractivity contribution in [3.63, 3.8) is 0 Å². The second kappa shape index (κ2) is 5.64. The molecular formula is C11H13N5O. The van der Waals surface area contributed by atoms with Crippen molar-refractivity contribution in [3.8, 4) is 0 Å². The van der Waals surface area contributed by atoms with Gasteiger partial charge in [-0.1, -0.05) is 0 Å². The lowest BCUT2D eigenvalue weighted by Gasteiger charge is -1.99. The summed E-state index contributed by atoms with van der Waals surface area (Å²) in [5, 5.41) is 2.76. The zero-order chi connectivity index (χ0) is 11.9. The zero-order valence-corrected chi connectivity index (χ0v) is 9.18. The van der Waals surface area contributed by atoms with E-state index < -0.39 is 0 Å². The number of nitrogens with one attached hydrogen (secondary N) is 3. The summed E-state index contributed by atoms with van der Waals surface area (Å²) in [7, 11) is 0. The first kappa shape index (κ1) is 11.1. The van der Waals surface area contributed by atoms with Crippen LogP contribution in [0.2, 0.25) is 0 Å². The van der Waals surface area contributed by atoms with Gasteiger partial charge in [0.2, 0.25) is 5.91 Å². The van der Waals surface area contributed by atoms with E-state index in [0.29, 0.717) is 13.0 Å². The van der Waals surface area contributed by atoms with Gasteiger partial charge < -0.3 is 15.3 Å². The van der Waals surface area contributed by atoms with Gasteiger partial charge in [0.15, 0.2) is 0 Å². The molecule has 2 heterocycles. The minimum absolute atomic E-state index is 0.133. The Kier molecular flexibility index (Phi) is 3.69. The Morgan fingerprint density at radius 1 is 1.47 bits per heavy atom. The van der Waals surface area contributed by atoms with E-state index in [-0.39, 0.29) is 5.91 Å². The molecule has 88 valence electrons. The van der Waals surface area contributed by atoms with Crippen molar-refractivity contribution in [1.82, 2.24) is 25.3 Å². The third-order valence-electron chi connectivity index (χ3n) is 2.15. The van der Waals surface area contributed by atoms with E-state index in [9.17, 15) is 4.79 Å². The zero-order valence-electron chi connectivity index (χ0n) is 9.18. The SMILES string of the molecule is O=C(C=Cc1cnc[nH]1)NCCc1ncc[nH]1. The molecule has 0 unspecified atom stereocenters. The number of carbonyl (C=O) groups excluding carboxylic acids is 1. The molecule has 6 heteroatoms. The van der Waals surface area contributed by atoms with Crippen LogP contribution in [-0.4, -0.2) is 32.4 Å². The maximum atomic E-state index is 11.4. The van der Waals surface area contributed by atoms with Crippen molar-refractivity contribution < 1.29 is 4.79 Å². The second-order valence-corrected chi connectivity index (χ2v) is 3.42. The van der Waals surface area contributed by atoms with Crippen molar-refractivity contribution in [3.05, 3.63) is 42.5 Å². The molecule has 0 atom stereocenters. The molecule has 6 nitrogen and oxygen atoms in total. The molecular weight excluding hydrogens is 218 g/mol. The summed E-state index contributed by atoms with van der Waals surface area (Å²) in [5.74, 6) is 0.731. The van der Waals surface area contributed by atoms with Gasteiger partial charge in [0.25, 0.3) is 0 Å². The van der Waals surface area contributed by atoms with E-state index in [0.717, 1.165) is 11.5 Å². The van der Waals surface area contributed by atoms with Crippen LogP contribution in [0.15, 0.2) is 31.0 Å². The minimum Gasteiger partial charge on any atom is -0.352 e. The van der Waals surface area contributed by atoms with Gasteiger partial charge in [0.05, 0.1) is 18.2 Å². The molecule has 2 aromatic heterocycles. The maximum absolute atomic E-state index is 11.4. The highest BCUT2D eigenvalue weighted by molar-refractivity contribution is 5.91. The smallest absolute Gasteiger partial charge is 0.244 e. The summed E-state index contributed by atoms with van der Waals surface area (Å²) >= 11 is 0. The number of hydrogen-bond acceptors (Lipinski definition) is 3. The van der Waals surface area contributed by atoms with Gasteiger partial charge in [-0.3, -0.25) is 4.79 Å². The van der Waals surface area contributed by atoms with E-state index in [1.807, 2.05) is 0 Å². The number of carbonyl (C=O) groups is 1. The summed E-state index contributed by atoms with van der Waals surface area (Å²) in [4.78, 5) is 25.2. The van der Waals surface area contributed by atoms with Gasteiger partial charge in [-0.15, -0.1) is 0 Å². The van der Waals surface area contributed by atoms with E-state index in [4.69, 9.17) is 0 Å². The van der Waals surface area contributed by atoms with Crippen molar-refractivity contribution in [2.75, 3.05) is 6.54 Å². The van der Waals surface area contributed by atoms with Gasteiger partial charge in [-0.05, 0) is 6.08 Å². The molecule has 2 rings (SSSR count). The quantitative estimate of drug-likeness (QED) is 0.655. The minimum atomic E-state index is -0.133. The van der Waals surface area contributed by atoms with Crippen LogP contribution in [0.4, 0.5) is 0 Å². The molecule has 0 aliphatic rings. The van der Waals surface area contributed by atoms with Crippen LogP contribution in [-0.2, 0) is 11.2 Å². The van der Waals surface area contributed by atoms with Crippen molar-refractivity contribution in [2.24, 2.45) is 0 Å². The molecule has 0 aliphatic carbocycles. The Morgan fingerprint density at radius 2 is 2.41 bits per heavy atom.